The molecule has 3 aromatic carbocycles. The first-order valence-corrected chi connectivity index (χ1v) is 12.0. The Morgan fingerprint density at radius 2 is 1.36 bits per heavy atom. The predicted molar refractivity (Wildman–Crippen MR) is 130 cm³/mol. The number of rotatable bonds is 7. The van der Waals surface area contributed by atoms with E-state index in [1.165, 1.54) is 5.56 Å². The van der Waals surface area contributed by atoms with E-state index in [4.69, 9.17) is 14.2 Å². The predicted octanol–water partition coefficient (Wildman–Crippen LogP) is 5.64. The SMILES string of the molecule is c1ccc(Oc2ccc([C@H](C3CCOCC3)N3CCNCC3)cc2Oc2ccccc2)cc1. The highest BCUT2D eigenvalue weighted by molar-refractivity contribution is 5.48. The first-order chi connectivity index (χ1) is 16.4. The summed E-state index contributed by atoms with van der Waals surface area (Å²) < 4.78 is 18.3. The second-order valence-corrected chi connectivity index (χ2v) is 8.72. The van der Waals surface area contributed by atoms with E-state index in [1.807, 2.05) is 60.7 Å². The van der Waals surface area contributed by atoms with E-state index in [2.05, 4.69) is 28.4 Å². The summed E-state index contributed by atoms with van der Waals surface area (Å²) in [7, 11) is 0. The van der Waals surface area contributed by atoms with Crippen molar-refractivity contribution in [2.45, 2.75) is 18.9 Å². The molecular weight excluding hydrogens is 412 g/mol. The van der Waals surface area contributed by atoms with E-state index in [0.717, 1.165) is 75.2 Å². The molecule has 33 heavy (non-hydrogen) atoms. The van der Waals surface area contributed by atoms with E-state index in [0.29, 0.717) is 12.0 Å². The van der Waals surface area contributed by atoms with Gasteiger partial charge in [0.25, 0.3) is 0 Å². The number of nitrogens with one attached hydrogen (secondary N) is 1. The van der Waals surface area contributed by atoms with E-state index in [9.17, 15) is 0 Å². The molecule has 3 aromatic rings. The van der Waals surface area contributed by atoms with Gasteiger partial charge in [0.05, 0.1) is 0 Å². The van der Waals surface area contributed by atoms with Crippen molar-refractivity contribution in [3.05, 3.63) is 84.4 Å². The second-order valence-electron chi connectivity index (χ2n) is 8.72. The van der Waals surface area contributed by atoms with Gasteiger partial charge in [0.1, 0.15) is 11.5 Å². The number of ether oxygens (including phenoxy) is 3. The Bertz CT molecular complexity index is 982. The van der Waals surface area contributed by atoms with Gasteiger partial charge in [-0.3, -0.25) is 4.90 Å². The molecular formula is C28H32N2O3. The summed E-state index contributed by atoms with van der Waals surface area (Å²) in [6, 6.07) is 26.6. The van der Waals surface area contributed by atoms with Gasteiger partial charge in [0, 0.05) is 45.4 Å². The van der Waals surface area contributed by atoms with Crippen LogP contribution in [-0.2, 0) is 4.74 Å². The third kappa shape index (κ3) is 5.56. The first kappa shape index (κ1) is 22.0. The van der Waals surface area contributed by atoms with Gasteiger partial charge in [-0.2, -0.15) is 0 Å². The molecule has 0 amide bonds. The summed E-state index contributed by atoms with van der Waals surface area (Å²) in [5, 5.41) is 3.49. The molecule has 0 radical (unpaired) electrons. The monoisotopic (exact) mass is 444 g/mol. The van der Waals surface area contributed by atoms with Crippen LogP contribution < -0.4 is 14.8 Å². The fourth-order valence-corrected chi connectivity index (χ4v) is 4.88. The minimum absolute atomic E-state index is 0.347. The average Bonchev–Trinajstić information content (AvgIpc) is 2.88. The van der Waals surface area contributed by atoms with Crippen molar-refractivity contribution in [2.75, 3.05) is 39.4 Å². The highest BCUT2D eigenvalue weighted by Crippen LogP contribution is 2.41. The Labute approximate surface area is 196 Å². The summed E-state index contributed by atoms with van der Waals surface area (Å²) in [6.45, 7) is 5.86. The van der Waals surface area contributed by atoms with Crippen LogP contribution in [0.2, 0.25) is 0 Å². The highest BCUT2D eigenvalue weighted by Gasteiger charge is 2.32. The largest absolute Gasteiger partial charge is 0.453 e. The normalized spacial score (nSPS) is 18.5. The fourth-order valence-electron chi connectivity index (χ4n) is 4.88. The van der Waals surface area contributed by atoms with Gasteiger partial charge in [-0.15, -0.1) is 0 Å². The number of benzene rings is 3. The smallest absolute Gasteiger partial charge is 0.170 e. The van der Waals surface area contributed by atoms with Crippen LogP contribution >= 0.6 is 0 Å². The van der Waals surface area contributed by atoms with Crippen molar-refractivity contribution in [3.8, 4) is 23.0 Å². The molecule has 2 fully saturated rings. The van der Waals surface area contributed by atoms with Crippen molar-refractivity contribution >= 4 is 0 Å². The Hall–Kier alpha value is -2.86. The molecule has 172 valence electrons. The zero-order valence-electron chi connectivity index (χ0n) is 19.0. The topological polar surface area (TPSA) is 43.0 Å². The standard InChI is InChI=1S/C28H32N2O3/c1-3-7-24(8-4-1)32-26-12-11-23(21-27(26)33-25-9-5-2-6-10-25)28(22-13-19-31-20-14-22)30-17-15-29-16-18-30/h1-12,21-22,28-29H,13-20H2/t28-/m0/s1. The van der Waals surface area contributed by atoms with E-state index >= 15 is 0 Å². The molecule has 0 saturated carbocycles. The minimum Gasteiger partial charge on any atom is -0.453 e. The maximum absolute atomic E-state index is 6.37. The van der Waals surface area contributed by atoms with Gasteiger partial charge < -0.3 is 19.5 Å². The molecule has 2 aliphatic heterocycles. The van der Waals surface area contributed by atoms with Crippen LogP contribution in [0, 0.1) is 5.92 Å². The number of para-hydroxylation sites is 2. The lowest BCUT2D eigenvalue weighted by Gasteiger charge is -2.41. The fraction of sp³-hybridized carbons (Fsp3) is 0.357. The second kappa shape index (κ2) is 10.8. The van der Waals surface area contributed by atoms with E-state index in [1.54, 1.807) is 0 Å². The van der Waals surface area contributed by atoms with Crippen LogP contribution in [0.25, 0.3) is 0 Å². The molecule has 0 aliphatic carbocycles. The molecule has 2 heterocycles. The third-order valence-corrected chi connectivity index (χ3v) is 6.51. The molecule has 0 spiro atoms. The van der Waals surface area contributed by atoms with Gasteiger partial charge in [0.2, 0.25) is 0 Å². The van der Waals surface area contributed by atoms with Crippen LogP contribution in [0.1, 0.15) is 24.4 Å². The number of nitrogens with zero attached hydrogens (tertiary/aromatic N) is 1. The average molecular weight is 445 g/mol. The van der Waals surface area contributed by atoms with Crippen molar-refractivity contribution in [3.63, 3.8) is 0 Å². The van der Waals surface area contributed by atoms with Crippen molar-refractivity contribution in [1.82, 2.24) is 10.2 Å². The molecule has 1 atom stereocenters. The van der Waals surface area contributed by atoms with Crippen LogP contribution in [0.15, 0.2) is 78.9 Å². The summed E-state index contributed by atoms with van der Waals surface area (Å²) in [4.78, 5) is 2.63. The molecule has 2 saturated heterocycles. The zero-order valence-corrected chi connectivity index (χ0v) is 19.0. The molecule has 1 N–H and O–H groups in total. The van der Waals surface area contributed by atoms with Gasteiger partial charge in [0.15, 0.2) is 11.5 Å². The number of piperazine rings is 1. The van der Waals surface area contributed by atoms with Gasteiger partial charge in [-0.1, -0.05) is 42.5 Å². The molecule has 5 rings (SSSR count). The molecule has 0 aromatic heterocycles. The highest BCUT2D eigenvalue weighted by atomic mass is 16.5. The van der Waals surface area contributed by atoms with Crippen molar-refractivity contribution < 1.29 is 14.2 Å². The summed E-state index contributed by atoms with van der Waals surface area (Å²) in [6.07, 6.45) is 2.18. The Morgan fingerprint density at radius 3 is 2.00 bits per heavy atom. The van der Waals surface area contributed by atoms with Crippen molar-refractivity contribution in [1.29, 1.82) is 0 Å². The first-order valence-electron chi connectivity index (χ1n) is 12.0. The van der Waals surface area contributed by atoms with Gasteiger partial charge in [-0.25, -0.2) is 0 Å². The lowest BCUT2D eigenvalue weighted by Crippen LogP contribution is -2.47. The molecule has 5 nitrogen and oxygen atoms in total. The molecule has 0 bridgehead atoms. The molecule has 2 aliphatic rings. The number of hydrogen-bond acceptors (Lipinski definition) is 5. The molecule has 5 heteroatoms. The Balaban J connectivity index is 1.50. The number of hydrogen-bond donors (Lipinski definition) is 1. The van der Waals surface area contributed by atoms with E-state index in [-0.39, 0.29) is 0 Å². The maximum atomic E-state index is 6.37. The van der Waals surface area contributed by atoms with Gasteiger partial charge >= 0.3 is 0 Å². The Morgan fingerprint density at radius 1 is 0.758 bits per heavy atom. The van der Waals surface area contributed by atoms with E-state index < -0.39 is 0 Å². The van der Waals surface area contributed by atoms with Crippen LogP contribution in [0.3, 0.4) is 0 Å². The molecule has 0 unspecified atom stereocenters. The third-order valence-electron chi connectivity index (χ3n) is 6.51. The van der Waals surface area contributed by atoms with Crippen LogP contribution in [0.5, 0.6) is 23.0 Å². The quantitative estimate of drug-likeness (QED) is 0.511. The van der Waals surface area contributed by atoms with Crippen molar-refractivity contribution in [2.24, 2.45) is 5.92 Å². The maximum Gasteiger partial charge on any atom is 0.170 e. The van der Waals surface area contributed by atoms with Crippen LogP contribution in [-0.4, -0.2) is 44.3 Å². The lowest BCUT2D eigenvalue weighted by atomic mass is 9.85. The summed E-state index contributed by atoms with van der Waals surface area (Å²) in [5.74, 6) is 3.64. The lowest BCUT2D eigenvalue weighted by molar-refractivity contribution is 0.0212. The van der Waals surface area contributed by atoms with Crippen LogP contribution in [0.4, 0.5) is 0 Å². The summed E-state index contributed by atoms with van der Waals surface area (Å²) >= 11 is 0. The van der Waals surface area contributed by atoms with Gasteiger partial charge in [-0.05, 0) is 60.7 Å². The summed E-state index contributed by atoms with van der Waals surface area (Å²) in [5.41, 5.74) is 1.29. The minimum atomic E-state index is 0.347. The Kier molecular flexibility index (Phi) is 7.21. The zero-order chi connectivity index (χ0) is 22.3.